The molecule has 1 N–H and O–H groups in total. The molecule has 0 saturated carbocycles. The van der Waals surface area contributed by atoms with Crippen LogP contribution in [0.25, 0.3) is 11.1 Å². The summed E-state index contributed by atoms with van der Waals surface area (Å²) in [5, 5.41) is 20.0. The predicted octanol–water partition coefficient (Wildman–Crippen LogP) is 3.65. The first-order chi connectivity index (χ1) is 10.2. The summed E-state index contributed by atoms with van der Waals surface area (Å²) in [6.45, 7) is 0. The summed E-state index contributed by atoms with van der Waals surface area (Å²) in [6.07, 6.45) is -4.84. The van der Waals surface area contributed by atoms with Gasteiger partial charge < -0.3 is 5.11 Å². The van der Waals surface area contributed by atoms with Crippen LogP contribution in [0, 0.1) is 10.1 Å². The molecule has 112 valence electrons. The molecule has 0 amide bonds. The maximum absolute atomic E-state index is 13.1. The average molecular weight is 307 g/mol. The maximum Gasteiger partial charge on any atom is 0.417 e. The van der Waals surface area contributed by atoms with Crippen molar-refractivity contribution in [1.82, 2.24) is 0 Å². The van der Waals surface area contributed by atoms with Crippen molar-refractivity contribution in [2.75, 3.05) is 0 Å². The fraction of sp³-hybridized carbons (Fsp3) is 0.143. The standard InChI is InChI=1S/C14H9BF3NO3/c15-7-8-5-9(19(21)22)1-3-11(8)12-4-2-10(20)6-13(12)14(16,17)18/h1-6,20H,7H2. The molecule has 0 aliphatic carbocycles. The van der Waals surface area contributed by atoms with E-state index in [1.54, 1.807) is 0 Å². The van der Waals surface area contributed by atoms with Gasteiger partial charge in [0.05, 0.1) is 18.3 Å². The molecule has 0 aromatic heterocycles. The Balaban J connectivity index is 2.69. The van der Waals surface area contributed by atoms with Gasteiger partial charge in [0.2, 0.25) is 0 Å². The first-order valence-electron chi connectivity index (χ1n) is 6.12. The highest BCUT2D eigenvalue weighted by Gasteiger charge is 2.34. The second-order valence-electron chi connectivity index (χ2n) is 4.53. The molecule has 0 bridgehead atoms. The van der Waals surface area contributed by atoms with Crippen LogP contribution in [-0.4, -0.2) is 17.9 Å². The van der Waals surface area contributed by atoms with Crippen molar-refractivity contribution in [3.63, 3.8) is 0 Å². The van der Waals surface area contributed by atoms with E-state index in [0.29, 0.717) is 6.07 Å². The molecule has 22 heavy (non-hydrogen) atoms. The Labute approximate surface area is 124 Å². The zero-order valence-corrected chi connectivity index (χ0v) is 11.1. The monoisotopic (exact) mass is 307 g/mol. The summed E-state index contributed by atoms with van der Waals surface area (Å²) in [4.78, 5) is 10.1. The molecule has 0 atom stereocenters. The largest absolute Gasteiger partial charge is 0.508 e. The van der Waals surface area contributed by atoms with Crippen molar-refractivity contribution >= 4 is 13.5 Å². The van der Waals surface area contributed by atoms with E-state index in [0.717, 1.165) is 24.3 Å². The van der Waals surface area contributed by atoms with Gasteiger partial charge in [0.25, 0.3) is 5.69 Å². The van der Waals surface area contributed by atoms with E-state index in [4.69, 9.17) is 7.85 Å². The summed E-state index contributed by atoms with van der Waals surface area (Å²) in [7, 11) is 5.49. The fourth-order valence-corrected chi connectivity index (χ4v) is 2.13. The summed E-state index contributed by atoms with van der Waals surface area (Å²) >= 11 is 0. The Morgan fingerprint density at radius 2 is 1.77 bits per heavy atom. The third kappa shape index (κ3) is 3.05. The molecular formula is C14H9BF3NO3. The van der Waals surface area contributed by atoms with Crippen LogP contribution in [0.5, 0.6) is 5.75 Å². The van der Waals surface area contributed by atoms with Gasteiger partial charge in [-0.1, -0.05) is 12.4 Å². The van der Waals surface area contributed by atoms with Crippen molar-refractivity contribution in [1.29, 1.82) is 0 Å². The third-order valence-electron chi connectivity index (χ3n) is 3.12. The predicted molar refractivity (Wildman–Crippen MR) is 74.7 cm³/mol. The van der Waals surface area contributed by atoms with Gasteiger partial charge in [0, 0.05) is 12.1 Å². The van der Waals surface area contributed by atoms with Gasteiger partial charge in [-0.25, -0.2) is 0 Å². The van der Waals surface area contributed by atoms with Crippen LogP contribution in [0.2, 0.25) is 0 Å². The SMILES string of the molecule is [B]Cc1cc([N+](=O)[O-])ccc1-c1ccc(O)cc1C(F)(F)F. The number of hydrogen-bond acceptors (Lipinski definition) is 3. The lowest BCUT2D eigenvalue weighted by Crippen LogP contribution is -2.08. The van der Waals surface area contributed by atoms with Crippen molar-refractivity contribution < 1.29 is 23.2 Å². The number of nitrogens with zero attached hydrogens (tertiary/aromatic N) is 1. The summed E-state index contributed by atoms with van der Waals surface area (Å²) in [5.41, 5.74) is -1.13. The van der Waals surface area contributed by atoms with Crippen LogP contribution in [0.15, 0.2) is 36.4 Å². The average Bonchev–Trinajstić information content (AvgIpc) is 2.45. The van der Waals surface area contributed by atoms with Crippen LogP contribution in [0.4, 0.5) is 18.9 Å². The zero-order chi connectivity index (χ0) is 16.5. The first kappa shape index (κ1) is 15.9. The van der Waals surface area contributed by atoms with Crippen LogP contribution in [0.3, 0.4) is 0 Å². The zero-order valence-electron chi connectivity index (χ0n) is 11.1. The number of alkyl halides is 3. The second-order valence-corrected chi connectivity index (χ2v) is 4.53. The minimum absolute atomic E-state index is 0.139. The Morgan fingerprint density at radius 1 is 1.14 bits per heavy atom. The topological polar surface area (TPSA) is 63.4 Å². The number of aromatic hydroxyl groups is 1. The van der Waals surface area contributed by atoms with Gasteiger partial charge in [-0.05, 0) is 34.9 Å². The molecule has 0 heterocycles. The first-order valence-corrected chi connectivity index (χ1v) is 6.12. The smallest absolute Gasteiger partial charge is 0.417 e. The number of nitro groups is 1. The van der Waals surface area contributed by atoms with E-state index >= 15 is 0 Å². The van der Waals surface area contributed by atoms with E-state index < -0.39 is 22.4 Å². The quantitative estimate of drug-likeness (QED) is 0.535. The van der Waals surface area contributed by atoms with Crippen molar-refractivity contribution in [2.24, 2.45) is 0 Å². The molecule has 2 aromatic carbocycles. The van der Waals surface area contributed by atoms with Crippen LogP contribution >= 0.6 is 0 Å². The van der Waals surface area contributed by atoms with Gasteiger partial charge in [-0.15, -0.1) is 0 Å². The maximum atomic E-state index is 13.1. The third-order valence-corrected chi connectivity index (χ3v) is 3.12. The molecule has 0 unspecified atom stereocenters. The molecule has 4 nitrogen and oxygen atoms in total. The van der Waals surface area contributed by atoms with E-state index in [1.165, 1.54) is 6.07 Å². The Hall–Kier alpha value is -2.51. The summed E-state index contributed by atoms with van der Waals surface area (Å²) in [5.74, 6) is -0.521. The minimum atomic E-state index is -4.68. The van der Waals surface area contributed by atoms with Crippen LogP contribution < -0.4 is 0 Å². The van der Waals surface area contributed by atoms with E-state index in [9.17, 15) is 28.4 Å². The molecular weight excluding hydrogens is 298 g/mol. The number of non-ortho nitro benzene ring substituents is 1. The van der Waals surface area contributed by atoms with E-state index in [-0.39, 0.29) is 28.7 Å². The fourth-order valence-electron chi connectivity index (χ4n) is 2.13. The number of rotatable bonds is 3. The molecule has 0 saturated heterocycles. The van der Waals surface area contributed by atoms with E-state index in [2.05, 4.69) is 0 Å². The number of halogens is 3. The highest BCUT2D eigenvalue weighted by atomic mass is 19.4. The lowest BCUT2D eigenvalue weighted by Gasteiger charge is -2.16. The van der Waals surface area contributed by atoms with Crippen LogP contribution in [0.1, 0.15) is 11.1 Å². The second kappa shape index (κ2) is 5.71. The number of benzene rings is 2. The molecule has 0 fully saturated rings. The number of nitro benzene ring substituents is 1. The van der Waals surface area contributed by atoms with Gasteiger partial charge in [0.1, 0.15) is 5.75 Å². The van der Waals surface area contributed by atoms with E-state index in [1.807, 2.05) is 0 Å². The molecule has 2 radical (unpaired) electrons. The molecule has 8 heteroatoms. The van der Waals surface area contributed by atoms with Gasteiger partial charge in [-0.3, -0.25) is 10.1 Å². The molecule has 2 rings (SSSR count). The number of phenolic OH excluding ortho intramolecular Hbond substituents is 1. The van der Waals surface area contributed by atoms with Gasteiger partial charge in [0.15, 0.2) is 0 Å². The molecule has 2 aromatic rings. The van der Waals surface area contributed by atoms with Gasteiger partial charge in [-0.2, -0.15) is 13.2 Å². The van der Waals surface area contributed by atoms with Crippen molar-refractivity contribution in [3.05, 3.63) is 57.6 Å². The summed E-state index contributed by atoms with van der Waals surface area (Å²) < 4.78 is 39.3. The summed E-state index contributed by atoms with van der Waals surface area (Å²) in [6, 6.07) is 6.31. The Bertz CT molecular complexity index is 732. The normalized spacial score (nSPS) is 11.4. The molecule has 0 aliphatic rings. The van der Waals surface area contributed by atoms with Crippen molar-refractivity contribution in [2.45, 2.75) is 12.5 Å². The minimum Gasteiger partial charge on any atom is -0.508 e. The highest BCUT2D eigenvalue weighted by molar-refractivity contribution is 6.09. The number of hydrogen-bond donors (Lipinski definition) is 1. The Morgan fingerprint density at radius 3 is 2.32 bits per heavy atom. The van der Waals surface area contributed by atoms with Gasteiger partial charge >= 0.3 is 6.18 Å². The lowest BCUT2D eigenvalue weighted by molar-refractivity contribution is -0.384. The molecule has 0 spiro atoms. The highest BCUT2D eigenvalue weighted by Crippen LogP contribution is 2.40. The molecule has 0 aliphatic heterocycles. The van der Waals surface area contributed by atoms with Crippen LogP contribution in [-0.2, 0) is 12.5 Å². The Kier molecular flexibility index (Phi) is 4.12. The number of phenols is 1. The van der Waals surface area contributed by atoms with Crippen molar-refractivity contribution in [3.8, 4) is 16.9 Å². The lowest BCUT2D eigenvalue weighted by atomic mass is 9.87.